The van der Waals surface area contributed by atoms with Gasteiger partial charge in [0.2, 0.25) is 0 Å². The van der Waals surface area contributed by atoms with E-state index in [4.69, 9.17) is 0 Å². The third-order valence-corrected chi connectivity index (χ3v) is 6.92. The van der Waals surface area contributed by atoms with Gasteiger partial charge in [0.15, 0.2) is 0 Å². The van der Waals surface area contributed by atoms with E-state index < -0.39 is 12.2 Å². The van der Waals surface area contributed by atoms with Gasteiger partial charge in [-0.25, -0.2) is 0 Å². The van der Waals surface area contributed by atoms with Crippen LogP contribution < -0.4 is 0 Å². The molecule has 4 aromatic carbocycles. The van der Waals surface area contributed by atoms with Gasteiger partial charge in [0.25, 0.3) is 0 Å². The average Bonchev–Trinajstić information content (AvgIpc) is 2.84. The molecule has 0 spiro atoms. The van der Waals surface area contributed by atoms with Crippen molar-refractivity contribution in [3.63, 3.8) is 0 Å². The van der Waals surface area contributed by atoms with Crippen molar-refractivity contribution in [3.05, 3.63) is 140 Å². The minimum absolute atomic E-state index is 0.537. The number of hydrogen-bond donors (Lipinski definition) is 2. The van der Waals surface area contributed by atoms with E-state index in [1.807, 2.05) is 27.7 Å². The molecule has 4 rings (SSSR count). The lowest BCUT2D eigenvalue weighted by Crippen LogP contribution is -2.05. The summed E-state index contributed by atoms with van der Waals surface area (Å²) in [5.74, 6) is 0. The lowest BCUT2D eigenvalue weighted by molar-refractivity contribution is 0.218. The maximum absolute atomic E-state index is 10.6. The number of hydrogen-bond acceptors (Lipinski definition) is 2. The summed E-state index contributed by atoms with van der Waals surface area (Å²) in [5, 5.41) is 21.2. The molecule has 0 fully saturated rings. The number of aryl methyl sites for hydroxylation is 8. The number of benzene rings is 4. The SMILES string of the molecule is Cc1ccc(C)c(C(O)c2cc(C)ccc2C)c1.Cc1ccc(C)c(C(O)c2cc(C)ccc2C)c1. The topological polar surface area (TPSA) is 40.5 Å². The molecule has 0 aromatic heterocycles. The number of rotatable bonds is 4. The largest absolute Gasteiger partial charge is 0.384 e. The molecule has 0 aliphatic rings. The van der Waals surface area contributed by atoms with Gasteiger partial charge in [0.05, 0.1) is 0 Å². The van der Waals surface area contributed by atoms with Gasteiger partial charge in [-0.2, -0.15) is 0 Å². The van der Waals surface area contributed by atoms with Crippen LogP contribution in [-0.4, -0.2) is 10.2 Å². The molecule has 0 radical (unpaired) electrons. The molecule has 0 bridgehead atoms. The summed E-state index contributed by atoms with van der Waals surface area (Å²) in [6, 6.07) is 24.9. The first-order valence-electron chi connectivity index (χ1n) is 12.6. The van der Waals surface area contributed by atoms with Gasteiger partial charge in [0, 0.05) is 0 Å². The Morgan fingerprint density at radius 2 is 0.556 bits per heavy atom. The van der Waals surface area contributed by atoms with Crippen LogP contribution >= 0.6 is 0 Å². The zero-order valence-electron chi connectivity index (χ0n) is 23.0. The molecule has 0 saturated carbocycles. The Balaban J connectivity index is 0.000000201. The highest BCUT2D eigenvalue weighted by molar-refractivity contribution is 5.43. The monoisotopic (exact) mass is 480 g/mol. The van der Waals surface area contributed by atoms with Crippen molar-refractivity contribution in [2.75, 3.05) is 0 Å². The van der Waals surface area contributed by atoms with Crippen LogP contribution in [0.25, 0.3) is 0 Å². The first kappa shape index (κ1) is 27.4. The summed E-state index contributed by atoms with van der Waals surface area (Å²) in [6.07, 6.45) is -1.07. The summed E-state index contributed by atoms with van der Waals surface area (Å²) in [4.78, 5) is 0. The van der Waals surface area contributed by atoms with Crippen LogP contribution in [0.15, 0.2) is 72.8 Å². The van der Waals surface area contributed by atoms with Crippen LogP contribution in [0.2, 0.25) is 0 Å². The smallest absolute Gasteiger partial charge is 0.105 e. The fraction of sp³-hybridized carbons (Fsp3) is 0.294. The van der Waals surface area contributed by atoms with E-state index >= 15 is 0 Å². The second kappa shape index (κ2) is 11.7. The van der Waals surface area contributed by atoms with E-state index in [1.54, 1.807) is 0 Å². The van der Waals surface area contributed by atoms with Gasteiger partial charge in [-0.15, -0.1) is 0 Å². The normalized spacial score (nSPS) is 11.0. The Hall–Kier alpha value is -3.20. The van der Waals surface area contributed by atoms with E-state index in [0.29, 0.717) is 0 Å². The molecule has 0 aliphatic heterocycles. The minimum Gasteiger partial charge on any atom is -0.384 e. The van der Waals surface area contributed by atoms with Crippen molar-refractivity contribution < 1.29 is 10.2 Å². The zero-order chi connectivity index (χ0) is 26.6. The van der Waals surface area contributed by atoms with E-state index in [-0.39, 0.29) is 0 Å². The molecular formula is C34H40O2. The van der Waals surface area contributed by atoms with Gasteiger partial charge in [-0.1, -0.05) is 95.1 Å². The minimum atomic E-state index is -0.537. The number of aliphatic hydroxyl groups is 2. The fourth-order valence-electron chi connectivity index (χ4n) is 4.55. The molecule has 0 heterocycles. The first-order valence-corrected chi connectivity index (χ1v) is 12.6. The van der Waals surface area contributed by atoms with Gasteiger partial charge in [-0.3, -0.25) is 0 Å². The van der Waals surface area contributed by atoms with Crippen LogP contribution in [0, 0.1) is 55.4 Å². The molecule has 0 unspecified atom stereocenters. The molecule has 2 heteroatoms. The molecule has 4 aromatic rings. The summed E-state index contributed by atoms with van der Waals surface area (Å²) >= 11 is 0. The first-order chi connectivity index (χ1) is 17.0. The van der Waals surface area contributed by atoms with Crippen LogP contribution in [0.3, 0.4) is 0 Å². The highest BCUT2D eigenvalue weighted by Crippen LogP contribution is 2.29. The van der Waals surface area contributed by atoms with Crippen molar-refractivity contribution in [3.8, 4) is 0 Å². The predicted molar refractivity (Wildman–Crippen MR) is 152 cm³/mol. The summed E-state index contributed by atoms with van der Waals surface area (Å²) in [7, 11) is 0. The van der Waals surface area contributed by atoms with Crippen molar-refractivity contribution in [1.82, 2.24) is 0 Å². The summed E-state index contributed by atoms with van der Waals surface area (Å²) in [6.45, 7) is 16.4. The predicted octanol–water partition coefficient (Wildman–Crippen LogP) is 8.00. The number of aliphatic hydroxyl groups excluding tert-OH is 2. The van der Waals surface area contributed by atoms with Gasteiger partial charge in [-0.05, 0) is 99.9 Å². The molecule has 2 N–H and O–H groups in total. The Morgan fingerprint density at radius 3 is 0.750 bits per heavy atom. The second-order valence-electron chi connectivity index (χ2n) is 10.2. The Kier molecular flexibility index (Phi) is 8.89. The zero-order valence-corrected chi connectivity index (χ0v) is 23.0. The third-order valence-electron chi connectivity index (χ3n) is 6.92. The molecule has 2 nitrogen and oxygen atoms in total. The van der Waals surface area contributed by atoms with E-state index in [1.165, 1.54) is 22.3 Å². The maximum atomic E-state index is 10.6. The quantitative estimate of drug-likeness (QED) is 0.311. The van der Waals surface area contributed by atoms with Gasteiger partial charge in [0.1, 0.15) is 12.2 Å². The van der Waals surface area contributed by atoms with Crippen LogP contribution in [0.5, 0.6) is 0 Å². The van der Waals surface area contributed by atoms with E-state index in [0.717, 1.165) is 44.5 Å². The van der Waals surface area contributed by atoms with Crippen molar-refractivity contribution in [1.29, 1.82) is 0 Å². The molecule has 188 valence electrons. The van der Waals surface area contributed by atoms with Gasteiger partial charge >= 0.3 is 0 Å². The second-order valence-corrected chi connectivity index (χ2v) is 10.2. The lowest BCUT2D eigenvalue weighted by atomic mass is 9.92. The Bertz CT molecular complexity index is 1140. The highest BCUT2D eigenvalue weighted by atomic mass is 16.3. The van der Waals surface area contributed by atoms with Crippen molar-refractivity contribution in [2.24, 2.45) is 0 Å². The van der Waals surface area contributed by atoms with Gasteiger partial charge < -0.3 is 10.2 Å². The van der Waals surface area contributed by atoms with Crippen molar-refractivity contribution in [2.45, 2.75) is 67.6 Å². The van der Waals surface area contributed by atoms with Crippen molar-refractivity contribution >= 4 is 0 Å². The Labute approximate surface area is 217 Å². The molecule has 0 atom stereocenters. The maximum Gasteiger partial charge on any atom is 0.105 e. The Morgan fingerprint density at radius 1 is 0.361 bits per heavy atom. The van der Waals surface area contributed by atoms with Crippen LogP contribution in [0.4, 0.5) is 0 Å². The molecule has 36 heavy (non-hydrogen) atoms. The standard InChI is InChI=1S/2C17H20O/c2*1-11-5-7-13(3)15(9-11)17(18)16-10-12(2)6-8-14(16)4/h2*5-10,17-18H,1-4H3. The third kappa shape index (κ3) is 6.51. The summed E-state index contributed by atoms with van der Waals surface area (Å²) < 4.78 is 0. The van der Waals surface area contributed by atoms with Crippen LogP contribution in [0.1, 0.15) is 79.0 Å². The summed E-state index contributed by atoms with van der Waals surface area (Å²) in [5.41, 5.74) is 13.3. The lowest BCUT2D eigenvalue weighted by Gasteiger charge is -2.17. The average molecular weight is 481 g/mol. The molecular weight excluding hydrogens is 440 g/mol. The molecule has 0 aliphatic carbocycles. The van der Waals surface area contributed by atoms with E-state index in [2.05, 4.69) is 100 Å². The highest BCUT2D eigenvalue weighted by Gasteiger charge is 2.16. The van der Waals surface area contributed by atoms with E-state index in [9.17, 15) is 10.2 Å². The fourth-order valence-corrected chi connectivity index (χ4v) is 4.55. The molecule has 0 saturated heterocycles. The van der Waals surface area contributed by atoms with Crippen LogP contribution in [-0.2, 0) is 0 Å². The molecule has 0 amide bonds.